The summed E-state index contributed by atoms with van der Waals surface area (Å²) in [5.74, 6) is 0. The maximum Gasteiger partial charge on any atom is 0.137 e. The molecule has 0 saturated heterocycles. The standard InChI is InChI=1S/C15H24N4/c1-15(2,11-19(3)4)10-16-8-12-9-18-14-13(12)6-5-7-17-14/h5-7,9,16H,8,10-11H2,1-4H3,(H,17,18). The van der Waals surface area contributed by atoms with Crippen LogP contribution < -0.4 is 5.32 Å². The van der Waals surface area contributed by atoms with E-state index < -0.39 is 0 Å². The molecule has 0 aliphatic heterocycles. The Morgan fingerprint density at radius 3 is 2.89 bits per heavy atom. The molecule has 4 heteroatoms. The maximum absolute atomic E-state index is 4.31. The molecule has 2 N–H and O–H groups in total. The highest BCUT2D eigenvalue weighted by Gasteiger charge is 2.18. The van der Waals surface area contributed by atoms with Crippen molar-refractivity contribution in [1.82, 2.24) is 20.2 Å². The molecule has 0 fully saturated rings. The van der Waals surface area contributed by atoms with Crippen LogP contribution in [0.1, 0.15) is 19.4 Å². The van der Waals surface area contributed by atoms with E-state index in [1.807, 2.05) is 18.5 Å². The highest BCUT2D eigenvalue weighted by molar-refractivity contribution is 5.79. The van der Waals surface area contributed by atoms with Crippen LogP contribution >= 0.6 is 0 Å². The Morgan fingerprint density at radius 1 is 1.37 bits per heavy atom. The van der Waals surface area contributed by atoms with Crippen LogP contribution in [0.4, 0.5) is 0 Å². The molecule has 2 aromatic heterocycles. The van der Waals surface area contributed by atoms with Gasteiger partial charge >= 0.3 is 0 Å². The zero-order valence-corrected chi connectivity index (χ0v) is 12.3. The Bertz CT molecular complexity index is 528. The number of hydrogen-bond acceptors (Lipinski definition) is 3. The van der Waals surface area contributed by atoms with Crippen LogP contribution in [0.5, 0.6) is 0 Å². The Morgan fingerprint density at radius 2 is 2.16 bits per heavy atom. The lowest BCUT2D eigenvalue weighted by atomic mass is 9.93. The van der Waals surface area contributed by atoms with Crippen molar-refractivity contribution in [2.45, 2.75) is 20.4 Å². The van der Waals surface area contributed by atoms with Gasteiger partial charge in [0.2, 0.25) is 0 Å². The molecule has 0 spiro atoms. The van der Waals surface area contributed by atoms with Crippen molar-refractivity contribution in [3.8, 4) is 0 Å². The molecule has 2 heterocycles. The van der Waals surface area contributed by atoms with Gasteiger partial charge in [-0.1, -0.05) is 13.8 Å². The van der Waals surface area contributed by atoms with E-state index in [-0.39, 0.29) is 5.41 Å². The smallest absolute Gasteiger partial charge is 0.137 e. The number of aromatic amines is 1. The number of fused-ring (bicyclic) bond motifs is 1. The molecule has 0 aromatic carbocycles. The quantitative estimate of drug-likeness (QED) is 0.837. The fourth-order valence-electron chi connectivity index (χ4n) is 2.61. The Kier molecular flexibility index (Phi) is 4.22. The van der Waals surface area contributed by atoms with E-state index in [0.717, 1.165) is 25.3 Å². The average molecular weight is 260 g/mol. The number of nitrogens with zero attached hydrogens (tertiary/aromatic N) is 2. The third kappa shape index (κ3) is 3.78. The van der Waals surface area contributed by atoms with E-state index in [2.05, 4.69) is 54.2 Å². The van der Waals surface area contributed by atoms with Crippen molar-refractivity contribution < 1.29 is 0 Å². The highest BCUT2D eigenvalue weighted by Crippen LogP contribution is 2.17. The van der Waals surface area contributed by atoms with Gasteiger partial charge in [-0.25, -0.2) is 4.98 Å². The zero-order valence-electron chi connectivity index (χ0n) is 12.3. The number of rotatable bonds is 6. The highest BCUT2D eigenvalue weighted by atomic mass is 15.1. The van der Waals surface area contributed by atoms with Gasteiger partial charge in [0.1, 0.15) is 5.65 Å². The summed E-state index contributed by atoms with van der Waals surface area (Å²) in [7, 11) is 4.24. The van der Waals surface area contributed by atoms with Crippen LogP contribution in [-0.2, 0) is 6.54 Å². The van der Waals surface area contributed by atoms with Crippen molar-refractivity contribution in [3.05, 3.63) is 30.1 Å². The fraction of sp³-hybridized carbons (Fsp3) is 0.533. The van der Waals surface area contributed by atoms with Gasteiger partial charge < -0.3 is 15.2 Å². The van der Waals surface area contributed by atoms with Gasteiger partial charge in [0.15, 0.2) is 0 Å². The lowest BCUT2D eigenvalue weighted by Crippen LogP contribution is -2.37. The van der Waals surface area contributed by atoms with E-state index in [4.69, 9.17) is 0 Å². The number of hydrogen-bond donors (Lipinski definition) is 2. The van der Waals surface area contributed by atoms with E-state index >= 15 is 0 Å². The first-order valence-corrected chi connectivity index (χ1v) is 6.74. The molecule has 0 atom stereocenters. The Labute approximate surface area is 115 Å². The topological polar surface area (TPSA) is 44.0 Å². The number of nitrogens with one attached hydrogen (secondary N) is 2. The van der Waals surface area contributed by atoms with Crippen LogP contribution in [0.3, 0.4) is 0 Å². The summed E-state index contributed by atoms with van der Waals surface area (Å²) in [4.78, 5) is 9.75. The van der Waals surface area contributed by atoms with Gasteiger partial charge in [-0.3, -0.25) is 0 Å². The second kappa shape index (κ2) is 5.72. The Hall–Kier alpha value is -1.39. The Balaban J connectivity index is 1.92. The van der Waals surface area contributed by atoms with Crippen LogP contribution in [0.2, 0.25) is 0 Å². The summed E-state index contributed by atoms with van der Waals surface area (Å²) in [6.07, 6.45) is 3.86. The minimum Gasteiger partial charge on any atom is -0.346 e. The van der Waals surface area contributed by atoms with E-state index in [1.54, 1.807) is 0 Å². The molecule has 2 aromatic rings. The van der Waals surface area contributed by atoms with Crippen molar-refractivity contribution >= 4 is 11.0 Å². The van der Waals surface area contributed by atoms with Crippen molar-refractivity contribution in [2.24, 2.45) is 5.41 Å². The maximum atomic E-state index is 4.31. The first-order chi connectivity index (χ1) is 8.98. The zero-order chi connectivity index (χ0) is 13.9. The molecule has 0 aliphatic carbocycles. The average Bonchev–Trinajstić information content (AvgIpc) is 2.71. The van der Waals surface area contributed by atoms with Crippen molar-refractivity contribution in [3.63, 3.8) is 0 Å². The molecule has 2 rings (SSSR count). The lowest BCUT2D eigenvalue weighted by Gasteiger charge is -2.28. The predicted molar refractivity (Wildman–Crippen MR) is 80.1 cm³/mol. The number of aromatic nitrogens is 2. The molecule has 0 radical (unpaired) electrons. The minimum absolute atomic E-state index is 0.272. The molecular weight excluding hydrogens is 236 g/mol. The molecule has 4 nitrogen and oxygen atoms in total. The summed E-state index contributed by atoms with van der Waals surface area (Å²) in [5, 5.41) is 4.76. The molecule has 0 aliphatic rings. The van der Waals surface area contributed by atoms with Gasteiger partial charge in [-0.15, -0.1) is 0 Å². The largest absolute Gasteiger partial charge is 0.346 e. The van der Waals surface area contributed by atoms with Crippen molar-refractivity contribution in [2.75, 3.05) is 27.2 Å². The molecule has 0 unspecified atom stereocenters. The predicted octanol–water partition coefficient (Wildman–Crippen LogP) is 2.24. The van der Waals surface area contributed by atoms with Crippen LogP contribution in [-0.4, -0.2) is 42.1 Å². The molecule has 0 amide bonds. The first-order valence-electron chi connectivity index (χ1n) is 6.74. The van der Waals surface area contributed by atoms with Crippen LogP contribution in [0.25, 0.3) is 11.0 Å². The van der Waals surface area contributed by atoms with Gasteiger partial charge in [0.25, 0.3) is 0 Å². The summed E-state index contributed by atoms with van der Waals surface area (Å²) >= 11 is 0. The third-order valence-electron chi connectivity index (χ3n) is 3.20. The first kappa shape index (κ1) is 14.0. The number of H-pyrrole nitrogens is 1. The summed E-state index contributed by atoms with van der Waals surface area (Å²) < 4.78 is 0. The minimum atomic E-state index is 0.272. The van der Waals surface area contributed by atoms with Crippen molar-refractivity contribution in [1.29, 1.82) is 0 Å². The number of pyridine rings is 1. The summed E-state index contributed by atoms with van der Waals surface area (Å²) in [6, 6.07) is 4.09. The summed E-state index contributed by atoms with van der Waals surface area (Å²) in [5.41, 5.74) is 2.52. The second-order valence-electron chi connectivity index (χ2n) is 6.22. The molecule has 0 bridgehead atoms. The van der Waals surface area contributed by atoms with Gasteiger partial charge in [0, 0.05) is 37.4 Å². The van der Waals surface area contributed by atoms with Crippen LogP contribution in [0.15, 0.2) is 24.5 Å². The fourth-order valence-corrected chi connectivity index (χ4v) is 2.61. The monoisotopic (exact) mass is 260 g/mol. The molecule has 19 heavy (non-hydrogen) atoms. The lowest BCUT2D eigenvalue weighted by molar-refractivity contribution is 0.232. The normalized spacial score (nSPS) is 12.5. The SMILES string of the molecule is CN(C)CC(C)(C)CNCc1c[nH]c2ncccc12. The molecular formula is C15H24N4. The van der Waals surface area contributed by atoms with Gasteiger partial charge in [0.05, 0.1) is 0 Å². The third-order valence-corrected chi connectivity index (χ3v) is 3.20. The van der Waals surface area contributed by atoms with E-state index in [1.165, 1.54) is 10.9 Å². The van der Waals surface area contributed by atoms with Crippen LogP contribution in [0, 0.1) is 5.41 Å². The van der Waals surface area contributed by atoms with Gasteiger partial charge in [-0.05, 0) is 37.2 Å². The summed E-state index contributed by atoms with van der Waals surface area (Å²) in [6.45, 7) is 7.53. The van der Waals surface area contributed by atoms with E-state index in [9.17, 15) is 0 Å². The molecule has 104 valence electrons. The second-order valence-corrected chi connectivity index (χ2v) is 6.22. The van der Waals surface area contributed by atoms with Gasteiger partial charge in [-0.2, -0.15) is 0 Å². The molecule has 0 saturated carbocycles. The van der Waals surface area contributed by atoms with E-state index in [0.29, 0.717) is 0 Å².